The average molecular weight is 434 g/mol. The van der Waals surface area contributed by atoms with Gasteiger partial charge in [-0.2, -0.15) is 5.26 Å². The predicted molar refractivity (Wildman–Crippen MR) is 112 cm³/mol. The number of carboxylic acids is 1. The maximum Gasteiger partial charge on any atom is 0.335 e. The zero-order valence-corrected chi connectivity index (χ0v) is 16.4. The third kappa shape index (κ3) is 5.09. The fourth-order valence-electron chi connectivity index (χ4n) is 2.55. The molecule has 3 rings (SSSR count). The van der Waals surface area contributed by atoms with E-state index in [1.54, 1.807) is 18.2 Å². The molecule has 1 N–H and O–H groups in total. The number of nitriles is 1. The molecule has 0 saturated carbocycles. The zero-order valence-electron chi connectivity index (χ0n) is 14.8. The molecule has 0 aromatic heterocycles. The van der Waals surface area contributed by atoms with Gasteiger partial charge in [-0.05, 0) is 59.2 Å². The van der Waals surface area contributed by atoms with Crippen LogP contribution >= 0.6 is 15.9 Å². The Labute approximate surface area is 171 Å². The van der Waals surface area contributed by atoms with Gasteiger partial charge in [-0.1, -0.05) is 52.3 Å². The Morgan fingerprint density at radius 2 is 1.57 bits per heavy atom. The molecule has 0 unspecified atom stereocenters. The van der Waals surface area contributed by atoms with Gasteiger partial charge in [0.15, 0.2) is 0 Å². The maximum absolute atomic E-state index is 10.9. The number of aromatic carboxylic acids is 1. The Balaban J connectivity index is 1.69. The summed E-state index contributed by atoms with van der Waals surface area (Å²) in [6.45, 7) is 0.474. The molecule has 0 spiro atoms. The lowest BCUT2D eigenvalue weighted by atomic mass is 10.0. The van der Waals surface area contributed by atoms with E-state index in [1.165, 1.54) is 12.1 Å². The second-order valence-corrected chi connectivity index (χ2v) is 6.95. The monoisotopic (exact) mass is 433 g/mol. The second-order valence-electron chi connectivity index (χ2n) is 6.04. The molecule has 0 radical (unpaired) electrons. The van der Waals surface area contributed by atoms with Crippen LogP contribution in [0.4, 0.5) is 0 Å². The quantitative estimate of drug-likeness (QED) is 0.394. The number of carboxylic acid groups (broad SMARTS) is 1. The Kier molecular flexibility index (Phi) is 6.25. The Morgan fingerprint density at radius 3 is 2.14 bits per heavy atom. The number of hydrogen-bond acceptors (Lipinski definition) is 3. The number of allylic oxidation sites excluding steroid dienone is 1. The zero-order chi connectivity index (χ0) is 19.9. The number of ether oxygens (including phenoxy) is 1. The van der Waals surface area contributed by atoms with Gasteiger partial charge in [0.1, 0.15) is 12.4 Å². The summed E-state index contributed by atoms with van der Waals surface area (Å²) < 4.78 is 6.81. The third-order valence-electron chi connectivity index (χ3n) is 4.07. The van der Waals surface area contributed by atoms with Crippen LogP contribution in [0.15, 0.2) is 77.3 Å². The predicted octanol–water partition coefficient (Wildman–Crippen LogP) is 5.79. The largest absolute Gasteiger partial charge is 0.489 e. The van der Waals surface area contributed by atoms with E-state index in [-0.39, 0.29) is 5.56 Å². The van der Waals surface area contributed by atoms with E-state index in [0.29, 0.717) is 17.7 Å². The van der Waals surface area contributed by atoms with E-state index in [0.717, 1.165) is 21.3 Å². The van der Waals surface area contributed by atoms with Gasteiger partial charge in [-0.3, -0.25) is 0 Å². The fourth-order valence-corrected chi connectivity index (χ4v) is 2.81. The number of rotatable bonds is 6. The van der Waals surface area contributed by atoms with Gasteiger partial charge in [0, 0.05) is 4.47 Å². The van der Waals surface area contributed by atoms with Gasteiger partial charge in [0.2, 0.25) is 0 Å². The van der Waals surface area contributed by atoms with Crippen LogP contribution in [-0.4, -0.2) is 11.1 Å². The first-order valence-electron chi connectivity index (χ1n) is 8.48. The smallest absolute Gasteiger partial charge is 0.335 e. The number of nitrogens with zero attached hydrogens (tertiary/aromatic N) is 1. The molecule has 0 heterocycles. The summed E-state index contributed by atoms with van der Waals surface area (Å²) in [5.41, 5.74) is 3.25. The normalized spacial score (nSPS) is 10.9. The van der Waals surface area contributed by atoms with Crippen molar-refractivity contribution >= 4 is 33.5 Å². The molecule has 0 fully saturated rings. The molecule has 4 nitrogen and oxygen atoms in total. The molecule has 0 aliphatic heterocycles. The summed E-state index contributed by atoms with van der Waals surface area (Å²) in [7, 11) is 0. The van der Waals surface area contributed by atoms with Crippen LogP contribution < -0.4 is 4.74 Å². The highest BCUT2D eigenvalue weighted by Crippen LogP contribution is 2.21. The minimum atomic E-state index is -0.993. The van der Waals surface area contributed by atoms with Crippen molar-refractivity contribution in [2.45, 2.75) is 6.61 Å². The highest BCUT2D eigenvalue weighted by molar-refractivity contribution is 9.10. The molecule has 3 aromatic rings. The van der Waals surface area contributed by atoms with Crippen molar-refractivity contribution in [1.82, 2.24) is 0 Å². The Bertz CT molecular complexity index is 1030. The van der Waals surface area contributed by atoms with E-state index in [4.69, 9.17) is 9.84 Å². The van der Waals surface area contributed by atoms with Crippen molar-refractivity contribution in [2.75, 3.05) is 0 Å². The lowest BCUT2D eigenvalue weighted by Gasteiger charge is -2.07. The van der Waals surface area contributed by atoms with Gasteiger partial charge >= 0.3 is 5.97 Å². The fraction of sp³-hybridized carbons (Fsp3) is 0.0435. The maximum atomic E-state index is 10.9. The van der Waals surface area contributed by atoms with Crippen LogP contribution in [0.5, 0.6) is 5.75 Å². The van der Waals surface area contributed by atoms with Crippen molar-refractivity contribution < 1.29 is 14.6 Å². The van der Waals surface area contributed by atoms with Gasteiger partial charge < -0.3 is 9.84 Å². The SMILES string of the molecule is N#C/C(=C/c1ccc(OCc2ccc(Br)cc2)cc1)c1ccc(C(=O)O)cc1. The molecular weight excluding hydrogens is 418 g/mol. The van der Waals surface area contributed by atoms with E-state index < -0.39 is 5.97 Å². The number of hydrogen-bond donors (Lipinski definition) is 1. The minimum absolute atomic E-state index is 0.188. The molecule has 0 atom stereocenters. The Morgan fingerprint density at radius 1 is 0.964 bits per heavy atom. The molecule has 0 aliphatic rings. The molecule has 3 aromatic carbocycles. The molecule has 0 amide bonds. The molecule has 0 saturated heterocycles. The summed E-state index contributed by atoms with van der Waals surface area (Å²) in [5.74, 6) is -0.253. The Hall–Kier alpha value is -3.36. The summed E-state index contributed by atoms with van der Waals surface area (Å²) in [4.78, 5) is 10.9. The molecule has 0 aliphatic carbocycles. The molecule has 28 heavy (non-hydrogen) atoms. The van der Waals surface area contributed by atoms with Crippen LogP contribution in [0.2, 0.25) is 0 Å². The number of carbonyl (C=O) groups is 1. The van der Waals surface area contributed by atoms with Gasteiger partial charge in [-0.15, -0.1) is 0 Å². The van der Waals surface area contributed by atoms with Crippen LogP contribution in [0.3, 0.4) is 0 Å². The third-order valence-corrected chi connectivity index (χ3v) is 4.60. The van der Waals surface area contributed by atoms with Crippen LogP contribution in [-0.2, 0) is 6.61 Å². The minimum Gasteiger partial charge on any atom is -0.489 e. The second kappa shape index (κ2) is 9.03. The van der Waals surface area contributed by atoms with Crippen molar-refractivity contribution in [3.8, 4) is 11.8 Å². The van der Waals surface area contributed by atoms with Gasteiger partial charge in [0.25, 0.3) is 0 Å². The summed E-state index contributed by atoms with van der Waals surface area (Å²) in [6.07, 6.45) is 1.76. The number of benzene rings is 3. The molecule has 0 bridgehead atoms. The van der Waals surface area contributed by atoms with E-state index in [1.807, 2.05) is 48.5 Å². The van der Waals surface area contributed by atoms with Gasteiger partial charge in [0.05, 0.1) is 17.2 Å². The van der Waals surface area contributed by atoms with Crippen LogP contribution in [0.25, 0.3) is 11.6 Å². The van der Waals surface area contributed by atoms with Crippen molar-refractivity contribution in [3.05, 3.63) is 99.5 Å². The van der Waals surface area contributed by atoms with Crippen LogP contribution in [0.1, 0.15) is 27.0 Å². The highest BCUT2D eigenvalue weighted by Gasteiger charge is 2.05. The van der Waals surface area contributed by atoms with E-state index in [9.17, 15) is 10.1 Å². The molecule has 5 heteroatoms. The lowest BCUT2D eigenvalue weighted by Crippen LogP contribution is -1.95. The average Bonchev–Trinajstić information content (AvgIpc) is 2.72. The molecule has 138 valence electrons. The molecular formula is C23H16BrNO3. The summed E-state index contributed by atoms with van der Waals surface area (Å²) in [5, 5.41) is 18.4. The van der Waals surface area contributed by atoms with E-state index >= 15 is 0 Å². The highest BCUT2D eigenvalue weighted by atomic mass is 79.9. The van der Waals surface area contributed by atoms with Crippen molar-refractivity contribution in [3.63, 3.8) is 0 Å². The van der Waals surface area contributed by atoms with Gasteiger partial charge in [-0.25, -0.2) is 4.79 Å². The van der Waals surface area contributed by atoms with E-state index in [2.05, 4.69) is 22.0 Å². The first kappa shape index (κ1) is 19.4. The topological polar surface area (TPSA) is 70.3 Å². The summed E-state index contributed by atoms with van der Waals surface area (Å²) in [6, 6.07) is 23.8. The standard InChI is InChI=1S/C23H16BrNO3/c24-21-9-1-17(2-10-21)15-28-22-11-3-16(4-12-22)13-20(14-25)18-5-7-19(8-6-18)23(26)27/h1-13H,15H2,(H,26,27)/b20-13-. The van der Waals surface area contributed by atoms with Crippen molar-refractivity contribution in [2.24, 2.45) is 0 Å². The van der Waals surface area contributed by atoms with Crippen molar-refractivity contribution in [1.29, 1.82) is 5.26 Å². The first-order chi connectivity index (χ1) is 13.5. The summed E-state index contributed by atoms with van der Waals surface area (Å²) >= 11 is 3.41. The van der Waals surface area contributed by atoms with Crippen LogP contribution in [0, 0.1) is 11.3 Å². The first-order valence-corrected chi connectivity index (χ1v) is 9.27. The number of halogens is 1. The lowest BCUT2D eigenvalue weighted by molar-refractivity contribution is 0.0697.